The maximum atomic E-state index is 6.82. The minimum atomic E-state index is 0.611. The minimum absolute atomic E-state index is 0.611. The summed E-state index contributed by atoms with van der Waals surface area (Å²) in [5.41, 5.74) is 7.97. The van der Waals surface area contributed by atoms with Crippen LogP contribution < -0.4 is 0 Å². The van der Waals surface area contributed by atoms with Crippen molar-refractivity contribution < 1.29 is 4.42 Å². The fraction of sp³-hybridized carbons (Fsp3) is 0. The number of aromatic nitrogens is 4. The molecule has 0 aliphatic rings. The van der Waals surface area contributed by atoms with Gasteiger partial charge in [-0.3, -0.25) is 0 Å². The van der Waals surface area contributed by atoms with Crippen molar-refractivity contribution in [2.24, 2.45) is 0 Å². The van der Waals surface area contributed by atoms with E-state index in [1.807, 2.05) is 72.8 Å². The lowest BCUT2D eigenvalue weighted by Gasteiger charge is -2.09. The zero-order valence-electron chi connectivity index (χ0n) is 27.1. The van der Waals surface area contributed by atoms with Crippen LogP contribution in [0.15, 0.2) is 162 Å². The van der Waals surface area contributed by atoms with Gasteiger partial charge in [-0.05, 0) is 48.5 Å². The normalized spacial score (nSPS) is 11.9. The smallest absolute Gasteiger partial charge is 0.164 e. The molecular weight excluding hydrogens is 645 g/mol. The van der Waals surface area contributed by atoms with Gasteiger partial charge in [0.2, 0.25) is 0 Å². The third-order valence-corrected chi connectivity index (χ3v) is 11.0. The van der Waals surface area contributed by atoms with Crippen molar-refractivity contribution >= 4 is 75.3 Å². The molecule has 51 heavy (non-hydrogen) atoms. The van der Waals surface area contributed by atoms with E-state index in [4.69, 9.17) is 19.4 Å². The Morgan fingerprint density at radius 2 is 1.06 bits per heavy atom. The zero-order chi connectivity index (χ0) is 33.5. The number of nitrogens with zero attached hydrogens (tertiary/aromatic N) is 4. The minimum Gasteiger partial charge on any atom is -0.455 e. The summed E-state index contributed by atoms with van der Waals surface area (Å²) in [5.74, 6) is 1.88. The number of hydrogen-bond acceptors (Lipinski definition) is 5. The van der Waals surface area contributed by atoms with E-state index in [0.717, 1.165) is 49.7 Å². The van der Waals surface area contributed by atoms with E-state index in [0.29, 0.717) is 17.5 Å². The second-order valence-electron chi connectivity index (χ2n) is 12.8. The summed E-state index contributed by atoms with van der Waals surface area (Å²) in [6, 6.07) is 54.9. The molecular formula is C45H26N4OS. The Morgan fingerprint density at radius 1 is 0.451 bits per heavy atom. The average molecular weight is 671 g/mol. The summed E-state index contributed by atoms with van der Waals surface area (Å²) in [4.78, 5) is 15.0. The highest BCUT2D eigenvalue weighted by molar-refractivity contribution is 7.26. The number of rotatable bonds is 4. The Labute approximate surface area is 295 Å². The van der Waals surface area contributed by atoms with Crippen LogP contribution in [0, 0.1) is 0 Å². The van der Waals surface area contributed by atoms with Crippen molar-refractivity contribution in [3.05, 3.63) is 158 Å². The van der Waals surface area contributed by atoms with Gasteiger partial charge in [0, 0.05) is 64.1 Å². The molecule has 0 N–H and O–H groups in total. The van der Waals surface area contributed by atoms with Gasteiger partial charge < -0.3 is 8.98 Å². The molecule has 0 aliphatic heterocycles. The summed E-state index contributed by atoms with van der Waals surface area (Å²) >= 11 is 1.80. The van der Waals surface area contributed by atoms with Crippen molar-refractivity contribution in [3.63, 3.8) is 0 Å². The van der Waals surface area contributed by atoms with Crippen LogP contribution in [0.1, 0.15) is 0 Å². The van der Waals surface area contributed by atoms with E-state index in [-0.39, 0.29) is 0 Å². The third-order valence-electron chi connectivity index (χ3n) is 9.86. The number of furan rings is 1. The molecule has 0 saturated carbocycles. The summed E-state index contributed by atoms with van der Waals surface area (Å²) in [6.45, 7) is 0. The second-order valence-corrected chi connectivity index (χ2v) is 13.9. The number of hydrogen-bond donors (Lipinski definition) is 0. The van der Waals surface area contributed by atoms with Crippen LogP contribution >= 0.6 is 11.3 Å². The standard InChI is InChI=1S/C45H26N4OS/c1-3-12-27(13-4-1)43-46-44(28-14-5-2-6-15-28)48-45(47-43)33-18-11-21-37-40(33)32-23-25-39-41(42(32)50-37)34-26-29(22-24-38(34)51-39)49-35-19-9-7-16-30(35)31-17-8-10-20-36(31)49/h1-26H. The lowest BCUT2D eigenvalue weighted by atomic mass is 10.0. The molecule has 7 aromatic carbocycles. The first-order valence-electron chi connectivity index (χ1n) is 16.9. The lowest BCUT2D eigenvalue weighted by molar-refractivity contribution is 0.673. The van der Waals surface area contributed by atoms with Gasteiger partial charge in [-0.2, -0.15) is 0 Å². The van der Waals surface area contributed by atoms with Crippen LogP contribution in [-0.4, -0.2) is 19.5 Å². The summed E-state index contributed by atoms with van der Waals surface area (Å²) in [6.07, 6.45) is 0. The zero-order valence-corrected chi connectivity index (χ0v) is 27.9. The first kappa shape index (κ1) is 28.2. The van der Waals surface area contributed by atoms with Gasteiger partial charge in [-0.1, -0.05) is 109 Å². The van der Waals surface area contributed by atoms with Crippen LogP contribution in [0.5, 0.6) is 0 Å². The van der Waals surface area contributed by atoms with Crippen molar-refractivity contribution in [1.82, 2.24) is 19.5 Å². The molecule has 0 unspecified atom stereocenters. The summed E-state index contributed by atoms with van der Waals surface area (Å²) in [7, 11) is 0. The van der Waals surface area contributed by atoms with Gasteiger partial charge in [0.05, 0.1) is 11.0 Å². The topological polar surface area (TPSA) is 56.7 Å². The molecule has 238 valence electrons. The Morgan fingerprint density at radius 3 is 1.75 bits per heavy atom. The van der Waals surface area contributed by atoms with Crippen molar-refractivity contribution in [2.75, 3.05) is 0 Å². The largest absolute Gasteiger partial charge is 0.455 e. The van der Waals surface area contributed by atoms with Crippen LogP contribution in [0.4, 0.5) is 0 Å². The molecule has 0 radical (unpaired) electrons. The van der Waals surface area contributed by atoms with Crippen LogP contribution in [0.3, 0.4) is 0 Å². The quantitative estimate of drug-likeness (QED) is 0.187. The summed E-state index contributed by atoms with van der Waals surface area (Å²) in [5, 5.41) is 6.84. The van der Waals surface area contributed by atoms with E-state index < -0.39 is 0 Å². The highest BCUT2D eigenvalue weighted by Crippen LogP contribution is 2.45. The predicted molar refractivity (Wildman–Crippen MR) is 211 cm³/mol. The third kappa shape index (κ3) is 4.30. The molecule has 0 bridgehead atoms. The Bertz CT molecular complexity index is 3030. The van der Waals surface area contributed by atoms with Gasteiger partial charge in [0.25, 0.3) is 0 Å². The van der Waals surface area contributed by atoms with E-state index in [2.05, 4.69) is 89.5 Å². The molecule has 11 aromatic rings. The first-order chi connectivity index (χ1) is 25.3. The van der Waals surface area contributed by atoms with Crippen LogP contribution in [0.2, 0.25) is 0 Å². The molecule has 0 fully saturated rings. The second kappa shape index (κ2) is 10.9. The van der Waals surface area contributed by atoms with Gasteiger partial charge in [-0.15, -0.1) is 11.3 Å². The van der Waals surface area contributed by atoms with Crippen molar-refractivity contribution in [3.8, 4) is 39.9 Å². The van der Waals surface area contributed by atoms with Crippen molar-refractivity contribution in [2.45, 2.75) is 0 Å². The Balaban J connectivity index is 1.16. The molecule has 0 amide bonds. The maximum Gasteiger partial charge on any atom is 0.164 e. The number of fused-ring (bicyclic) bond motifs is 10. The number of benzene rings is 7. The fourth-order valence-electron chi connectivity index (χ4n) is 7.59. The molecule has 6 heteroatoms. The fourth-order valence-corrected chi connectivity index (χ4v) is 8.67. The van der Waals surface area contributed by atoms with Gasteiger partial charge >= 0.3 is 0 Å². The molecule has 11 rings (SSSR count). The molecule has 0 atom stereocenters. The van der Waals surface area contributed by atoms with Crippen LogP contribution in [-0.2, 0) is 0 Å². The van der Waals surface area contributed by atoms with Crippen LogP contribution in [0.25, 0.3) is 104 Å². The lowest BCUT2D eigenvalue weighted by Crippen LogP contribution is -2.00. The van der Waals surface area contributed by atoms with Gasteiger partial charge in [-0.25, -0.2) is 15.0 Å². The summed E-state index contributed by atoms with van der Waals surface area (Å²) < 4.78 is 11.6. The van der Waals surface area contributed by atoms with Gasteiger partial charge in [0.15, 0.2) is 17.5 Å². The molecule has 0 saturated heterocycles. The van der Waals surface area contributed by atoms with E-state index >= 15 is 0 Å². The number of thiophene rings is 1. The highest BCUT2D eigenvalue weighted by atomic mass is 32.1. The van der Waals surface area contributed by atoms with Gasteiger partial charge in [0.1, 0.15) is 11.2 Å². The molecule has 5 nitrogen and oxygen atoms in total. The van der Waals surface area contributed by atoms with Crippen molar-refractivity contribution in [1.29, 1.82) is 0 Å². The van der Waals surface area contributed by atoms with E-state index in [1.54, 1.807) is 11.3 Å². The SMILES string of the molecule is c1ccc(-c2nc(-c3ccccc3)nc(-c3cccc4oc5c(ccc6sc7ccc(-n8c9ccccc9c9ccccc98)cc7c65)c34)n2)cc1. The molecule has 0 spiro atoms. The highest BCUT2D eigenvalue weighted by Gasteiger charge is 2.21. The molecule has 4 aromatic heterocycles. The van der Waals surface area contributed by atoms with E-state index in [1.165, 1.54) is 36.6 Å². The Kier molecular flexibility index (Phi) is 6.05. The first-order valence-corrected chi connectivity index (χ1v) is 17.8. The predicted octanol–water partition coefficient (Wildman–Crippen LogP) is 12.2. The maximum absolute atomic E-state index is 6.82. The average Bonchev–Trinajstić information content (AvgIpc) is 3.87. The number of para-hydroxylation sites is 2. The molecule has 0 aliphatic carbocycles. The monoisotopic (exact) mass is 670 g/mol. The Hall–Kier alpha value is -6.63. The molecule has 4 heterocycles. The van der Waals surface area contributed by atoms with E-state index in [9.17, 15) is 0 Å².